The Morgan fingerprint density at radius 1 is 0.733 bits per heavy atom. The maximum atomic E-state index is 14.3. The molecule has 9 nitrogen and oxygen atoms in total. The SMILES string of the molecule is C=C1CC[C@H]2CC(=C)C(CC[C@H]3C[C@@H](C)C(=C)C(C[C@@H]4O[C@H](C[C@H](C)CCPP)[C@H](C)C4CC(=O)C[C@H]4CC[C@@H]5O[C@@H]6[C@@H](OC(C1)[C@@H]6OP(P)P)[C@@H](OP(P)P)[C@H]5O4)O3)O2. The first-order valence-electron chi connectivity index (χ1n) is 22.5. The highest BCUT2D eigenvalue weighted by atomic mass is 32.4. The van der Waals surface area contributed by atoms with Gasteiger partial charge in [0.2, 0.25) is 0 Å². The van der Waals surface area contributed by atoms with Crippen LogP contribution in [-0.4, -0.2) is 97.4 Å². The molecule has 7 heterocycles. The van der Waals surface area contributed by atoms with Gasteiger partial charge in [-0.15, -0.1) is 17.2 Å². The lowest BCUT2D eigenvalue weighted by molar-refractivity contribution is -0.251. The number of carbonyl (C=O) groups excluding carboxylic acids is 1. The van der Waals surface area contributed by atoms with Gasteiger partial charge in [0.15, 0.2) is 0 Å². The molecule has 7 fully saturated rings. The summed E-state index contributed by atoms with van der Waals surface area (Å²) in [5, 5.41) is 0. The molecule has 0 amide bonds. The number of fused-ring (bicyclic) bond motifs is 7. The summed E-state index contributed by atoms with van der Waals surface area (Å²) in [4.78, 5) is 14.3. The molecule has 24 atom stereocenters. The molecule has 0 radical (unpaired) electrons. The van der Waals surface area contributed by atoms with Crippen molar-refractivity contribution in [3.8, 4) is 0 Å². The summed E-state index contributed by atoms with van der Waals surface area (Å²) in [5.74, 6) is 1.51. The second kappa shape index (κ2) is 22.9. The molecule has 8 bridgehead atoms. The van der Waals surface area contributed by atoms with Crippen molar-refractivity contribution < 1.29 is 42.3 Å². The van der Waals surface area contributed by atoms with Crippen LogP contribution in [0.1, 0.15) is 111 Å². The van der Waals surface area contributed by atoms with Gasteiger partial charge in [-0.1, -0.05) is 81.8 Å². The van der Waals surface area contributed by atoms with Crippen molar-refractivity contribution in [3.63, 3.8) is 0 Å². The number of ketones is 1. The molecular formula is C43H74O9P8. The molecule has 0 aliphatic carbocycles. The van der Waals surface area contributed by atoms with E-state index in [0.717, 1.165) is 83.6 Å². The Hall–Kier alpha value is 2.01. The van der Waals surface area contributed by atoms with Gasteiger partial charge in [0.25, 0.3) is 0 Å². The summed E-state index contributed by atoms with van der Waals surface area (Å²) in [6, 6.07) is 0. The van der Waals surface area contributed by atoms with Gasteiger partial charge in [-0.05, 0) is 112 Å². The van der Waals surface area contributed by atoms with E-state index in [1.54, 1.807) is 0 Å². The fourth-order valence-corrected chi connectivity index (χ4v) is 15.1. The smallest absolute Gasteiger partial charge is 0.135 e. The minimum absolute atomic E-state index is 0.0326. The van der Waals surface area contributed by atoms with Gasteiger partial charge in [0.1, 0.15) is 36.3 Å². The number of carbonyl (C=O) groups is 1. The first-order valence-corrected chi connectivity index (χ1v) is 34.5. The first-order chi connectivity index (χ1) is 28.7. The third kappa shape index (κ3) is 12.6. The van der Waals surface area contributed by atoms with Crippen LogP contribution in [-0.2, 0) is 42.3 Å². The minimum Gasteiger partial charge on any atom is -0.374 e. The van der Waals surface area contributed by atoms with Gasteiger partial charge in [-0.2, -0.15) is 0 Å². The molecule has 7 rings (SSSR count). The van der Waals surface area contributed by atoms with E-state index in [1.807, 2.05) is 0 Å². The van der Waals surface area contributed by atoms with Gasteiger partial charge in [-0.25, -0.2) is 0 Å². The van der Waals surface area contributed by atoms with Crippen molar-refractivity contribution in [2.24, 2.45) is 23.7 Å². The highest BCUT2D eigenvalue weighted by Crippen LogP contribution is 2.60. The third-order valence-corrected chi connectivity index (χ3v) is 18.4. The van der Waals surface area contributed by atoms with Crippen molar-refractivity contribution in [3.05, 3.63) is 36.5 Å². The van der Waals surface area contributed by atoms with Crippen LogP contribution in [0.2, 0.25) is 0 Å². The fraction of sp³-hybridized carbons (Fsp3) is 0.837. The second-order valence-corrected chi connectivity index (χ2v) is 32.8. The third-order valence-electron chi connectivity index (χ3n) is 14.6. The predicted molar refractivity (Wildman–Crippen MR) is 265 cm³/mol. The van der Waals surface area contributed by atoms with Crippen LogP contribution in [0, 0.1) is 23.7 Å². The first kappa shape index (κ1) is 49.9. The molecule has 7 aliphatic rings. The van der Waals surface area contributed by atoms with Gasteiger partial charge in [-0.3, -0.25) is 4.79 Å². The number of rotatable bonds is 9. The summed E-state index contributed by atoms with van der Waals surface area (Å²) in [5.41, 5.74) is 3.45. The van der Waals surface area contributed by atoms with Crippen LogP contribution in [0.15, 0.2) is 36.5 Å². The van der Waals surface area contributed by atoms with E-state index >= 15 is 0 Å². The average molecular weight is 983 g/mol. The number of Topliss-reactive ketones (excluding diaryl/α,β-unsaturated/α-hetero) is 1. The van der Waals surface area contributed by atoms with E-state index in [9.17, 15) is 4.79 Å². The van der Waals surface area contributed by atoms with Crippen LogP contribution in [0.3, 0.4) is 0 Å². The Bertz CT molecular complexity index is 1510. The lowest BCUT2D eigenvalue weighted by Gasteiger charge is -2.48. The standard InChI is InChI=1S/C43H74O9P8/c1-22-7-8-29-18-25(4)33(45-29)11-9-30-17-24(3)26(5)36(46-30)21-37-32(27(6)35(48-37)15-23(2)13-14-58-53)20-28(44)19-31-10-12-34-39(47-31)43(52-60(56)57)42-41(49-34)40(51-59(54)55)38(16-22)50-42/h23-24,27,29-43,58H,1,4-5,7-21,53-57H2,2-3,6H3/t23-,24-,27-,29+,30+,31-,32?,33?,34+,35-,36?,37+,38?,39+,40+,41+,42-,43+/m1/s1. The summed E-state index contributed by atoms with van der Waals surface area (Å²) in [6.45, 7) is 20.5. The largest absolute Gasteiger partial charge is 0.374 e. The average Bonchev–Trinajstić information content (AvgIpc) is 3.81. The van der Waals surface area contributed by atoms with E-state index in [0.29, 0.717) is 31.1 Å². The Morgan fingerprint density at radius 3 is 2.17 bits per heavy atom. The minimum atomic E-state index is -0.901. The van der Waals surface area contributed by atoms with Crippen LogP contribution < -0.4 is 0 Å². The summed E-state index contributed by atoms with van der Waals surface area (Å²) in [7, 11) is 13.2. The molecule has 17 heteroatoms. The molecule has 340 valence electrons. The van der Waals surface area contributed by atoms with E-state index in [4.69, 9.17) is 37.5 Å². The maximum Gasteiger partial charge on any atom is 0.135 e. The zero-order chi connectivity index (χ0) is 42.8. The Kier molecular flexibility index (Phi) is 19.0. The van der Waals surface area contributed by atoms with Gasteiger partial charge in [0, 0.05) is 19.3 Å². The van der Waals surface area contributed by atoms with Crippen molar-refractivity contribution in [2.45, 2.75) is 196 Å². The maximum absolute atomic E-state index is 14.3. The fourth-order valence-electron chi connectivity index (χ4n) is 11.2. The zero-order valence-corrected chi connectivity index (χ0v) is 44.6. The van der Waals surface area contributed by atoms with E-state index in [1.165, 1.54) is 18.2 Å². The van der Waals surface area contributed by atoms with E-state index in [-0.39, 0.29) is 103 Å². The van der Waals surface area contributed by atoms with Gasteiger partial charge in [0.05, 0.1) is 70.0 Å². The van der Waals surface area contributed by atoms with Crippen LogP contribution in [0.5, 0.6) is 0 Å². The molecule has 0 N–H and O–H groups in total. The van der Waals surface area contributed by atoms with Crippen molar-refractivity contribution in [1.29, 1.82) is 0 Å². The molecule has 7 saturated heterocycles. The number of hydrogen-bond donors (Lipinski definition) is 0. The van der Waals surface area contributed by atoms with E-state index < -0.39 is 15.1 Å². The predicted octanol–water partition coefficient (Wildman–Crippen LogP) is 11.0. The monoisotopic (exact) mass is 982 g/mol. The van der Waals surface area contributed by atoms with Crippen LogP contribution in [0.25, 0.3) is 0 Å². The lowest BCUT2D eigenvalue weighted by atomic mass is 9.78. The topological polar surface area (TPSA) is 90.9 Å². The lowest BCUT2D eigenvalue weighted by Crippen LogP contribution is -2.61. The van der Waals surface area contributed by atoms with E-state index in [2.05, 4.69) is 85.2 Å². The second-order valence-electron chi connectivity index (χ2n) is 19.1. The van der Waals surface area contributed by atoms with Crippen molar-refractivity contribution >= 4 is 73.7 Å². The molecule has 0 saturated carbocycles. The molecule has 0 spiro atoms. The molecule has 60 heavy (non-hydrogen) atoms. The Labute approximate surface area is 376 Å². The van der Waals surface area contributed by atoms with Crippen LogP contribution >= 0.6 is 68.0 Å². The highest BCUT2D eigenvalue weighted by molar-refractivity contribution is 8.41. The molecule has 10 unspecified atom stereocenters. The van der Waals surface area contributed by atoms with Gasteiger partial charge < -0.3 is 37.5 Å². The summed E-state index contributed by atoms with van der Waals surface area (Å²) in [6.07, 6.45) is 10.5. The highest BCUT2D eigenvalue weighted by Gasteiger charge is 2.59. The zero-order valence-electron chi connectivity index (χ0n) is 36.1. The summed E-state index contributed by atoms with van der Waals surface area (Å²) < 4.78 is 54.8. The number of ether oxygens (including phenoxy) is 6. The quantitative estimate of drug-likeness (QED) is 0.165. The van der Waals surface area contributed by atoms with Crippen LogP contribution in [0.4, 0.5) is 0 Å². The summed E-state index contributed by atoms with van der Waals surface area (Å²) >= 11 is 0. The Morgan fingerprint density at radius 2 is 1.42 bits per heavy atom. The molecule has 0 aromatic rings. The molecule has 0 aromatic carbocycles. The molecular weight excluding hydrogens is 908 g/mol. The molecule has 0 aromatic heterocycles. The van der Waals surface area contributed by atoms with Crippen molar-refractivity contribution in [1.82, 2.24) is 0 Å². The van der Waals surface area contributed by atoms with Crippen molar-refractivity contribution in [2.75, 3.05) is 6.16 Å². The molecule has 7 aliphatic heterocycles. The Balaban J connectivity index is 1.14. The van der Waals surface area contributed by atoms with Gasteiger partial charge >= 0.3 is 0 Å². The normalized spacial score (nSPS) is 43.9. The number of hydrogen-bond acceptors (Lipinski definition) is 9.